The summed E-state index contributed by atoms with van der Waals surface area (Å²) < 4.78 is 13.3. The molecular formula is C10H10FNO. The Morgan fingerprint density at radius 1 is 1.46 bits per heavy atom. The minimum absolute atomic E-state index is 0.271. The Kier molecular flexibility index (Phi) is 2.10. The van der Waals surface area contributed by atoms with E-state index in [4.69, 9.17) is 0 Å². The number of rotatable bonds is 1. The Balaban J connectivity index is 2.52. The Morgan fingerprint density at radius 2 is 2.31 bits per heavy atom. The molecule has 13 heavy (non-hydrogen) atoms. The van der Waals surface area contributed by atoms with Crippen LogP contribution in [0.4, 0.5) is 4.39 Å². The molecule has 0 spiro atoms. The zero-order valence-corrected chi connectivity index (χ0v) is 7.14. The van der Waals surface area contributed by atoms with E-state index < -0.39 is 0 Å². The Labute approximate surface area is 75.8 Å². The van der Waals surface area contributed by atoms with Crippen LogP contribution in [0.1, 0.15) is 21.5 Å². The van der Waals surface area contributed by atoms with Crippen molar-refractivity contribution >= 4 is 6.29 Å². The van der Waals surface area contributed by atoms with Crippen molar-refractivity contribution in [2.45, 2.75) is 13.0 Å². The van der Waals surface area contributed by atoms with E-state index in [1.807, 2.05) is 0 Å². The molecule has 1 heterocycles. The molecule has 1 N–H and O–H groups in total. The molecule has 2 nitrogen and oxygen atoms in total. The minimum Gasteiger partial charge on any atom is -0.312 e. The van der Waals surface area contributed by atoms with Gasteiger partial charge in [-0.25, -0.2) is 4.39 Å². The first-order valence-electron chi connectivity index (χ1n) is 4.28. The number of carbonyl (C=O) groups is 1. The lowest BCUT2D eigenvalue weighted by molar-refractivity contribution is 0.112. The third kappa shape index (κ3) is 1.47. The minimum atomic E-state index is -0.271. The van der Waals surface area contributed by atoms with E-state index in [1.54, 1.807) is 6.07 Å². The summed E-state index contributed by atoms with van der Waals surface area (Å²) in [5.41, 5.74) is 2.09. The van der Waals surface area contributed by atoms with Gasteiger partial charge in [0, 0.05) is 17.7 Å². The Bertz CT molecular complexity index is 349. The third-order valence-corrected chi connectivity index (χ3v) is 2.32. The molecule has 0 bridgehead atoms. The lowest BCUT2D eigenvalue weighted by atomic mass is 9.98. The summed E-state index contributed by atoms with van der Waals surface area (Å²) in [5, 5.41) is 3.09. The molecule has 1 aromatic rings. The number of nitrogens with one attached hydrogen (secondary N) is 1. The lowest BCUT2D eigenvalue weighted by Gasteiger charge is -2.17. The lowest BCUT2D eigenvalue weighted by Crippen LogP contribution is -2.24. The van der Waals surface area contributed by atoms with E-state index in [0.29, 0.717) is 24.0 Å². The summed E-state index contributed by atoms with van der Waals surface area (Å²) in [6, 6.07) is 3.06. The van der Waals surface area contributed by atoms with Crippen molar-refractivity contribution in [2.24, 2.45) is 0 Å². The van der Waals surface area contributed by atoms with Crippen molar-refractivity contribution in [3.63, 3.8) is 0 Å². The molecule has 0 aliphatic carbocycles. The largest absolute Gasteiger partial charge is 0.312 e. The van der Waals surface area contributed by atoms with Gasteiger partial charge in [0.2, 0.25) is 0 Å². The summed E-state index contributed by atoms with van der Waals surface area (Å²) in [7, 11) is 0. The van der Waals surface area contributed by atoms with Gasteiger partial charge in [0.25, 0.3) is 0 Å². The number of benzene rings is 1. The highest BCUT2D eigenvalue weighted by Crippen LogP contribution is 2.18. The molecule has 68 valence electrons. The second kappa shape index (κ2) is 3.26. The van der Waals surface area contributed by atoms with E-state index in [2.05, 4.69) is 5.32 Å². The van der Waals surface area contributed by atoms with Crippen LogP contribution in [0.25, 0.3) is 0 Å². The predicted molar refractivity (Wildman–Crippen MR) is 47.2 cm³/mol. The van der Waals surface area contributed by atoms with Crippen LogP contribution < -0.4 is 5.32 Å². The highest BCUT2D eigenvalue weighted by molar-refractivity contribution is 5.75. The van der Waals surface area contributed by atoms with Crippen molar-refractivity contribution in [1.29, 1.82) is 0 Å². The summed E-state index contributed by atoms with van der Waals surface area (Å²) in [5.74, 6) is -0.271. The summed E-state index contributed by atoms with van der Waals surface area (Å²) >= 11 is 0. The van der Waals surface area contributed by atoms with Crippen LogP contribution in [0.5, 0.6) is 0 Å². The van der Waals surface area contributed by atoms with Gasteiger partial charge in [-0.3, -0.25) is 4.79 Å². The van der Waals surface area contributed by atoms with E-state index in [1.165, 1.54) is 6.07 Å². The number of halogens is 1. The SMILES string of the molecule is O=Cc1cc(F)c2c(c1)CCNC2. The third-order valence-electron chi connectivity index (χ3n) is 2.32. The first kappa shape index (κ1) is 8.38. The molecule has 1 aromatic carbocycles. The van der Waals surface area contributed by atoms with Crippen molar-refractivity contribution < 1.29 is 9.18 Å². The molecule has 0 amide bonds. The highest BCUT2D eigenvalue weighted by atomic mass is 19.1. The molecule has 2 rings (SSSR count). The van der Waals surface area contributed by atoms with Crippen LogP contribution in [-0.4, -0.2) is 12.8 Å². The van der Waals surface area contributed by atoms with Crippen LogP contribution in [0.15, 0.2) is 12.1 Å². The number of hydrogen-bond acceptors (Lipinski definition) is 2. The average Bonchev–Trinajstić information content (AvgIpc) is 2.18. The van der Waals surface area contributed by atoms with Gasteiger partial charge in [-0.2, -0.15) is 0 Å². The fourth-order valence-electron chi connectivity index (χ4n) is 1.64. The number of fused-ring (bicyclic) bond motifs is 1. The maximum atomic E-state index is 13.3. The van der Waals surface area contributed by atoms with Crippen LogP contribution in [0.3, 0.4) is 0 Å². The smallest absolute Gasteiger partial charge is 0.150 e. The van der Waals surface area contributed by atoms with Crippen molar-refractivity contribution in [2.75, 3.05) is 6.54 Å². The van der Waals surface area contributed by atoms with Crippen LogP contribution in [-0.2, 0) is 13.0 Å². The molecule has 1 aliphatic heterocycles. The van der Waals surface area contributed by atoms with Gasteiger partial charge in [-0.05, 0) is 30.7 Å². The van der Waals surface area contributed by atoms with Crippen molar-refractivity contribution in [3.05, 3.63) is 34.6 Å². The molecule has 0 radical (unpaired) electrons. The monoisotopic (exact) mass is 179 g/mol. The van der Waals surface area contributed by atoms with Gasteiger partial charge in [0.1, 0.15) is 12.1 Å². The first-order chi connectivity index (χ1) is 6.31. The summed E-state index contributed by atoms with van der Waals surface area (Å²) in [6.45, 7) is 1.43. The molecule has 1 aliphatic rings. The molecule has 0 atom stereocenters. The second-order valence-corrected chi connectivity index (χ2v) is 3.19. The van der Waals surface area contributed by atoms with Gasteiger partial charge in [0.05, 0.1) is 0 Å². The van der Waals surface area contributed by atoms with Gasteiger partial charge in [-0.1, -0.05) is 0 Å². The molecule has 0 fully saturated rings. The van der Waals surface area contributed by atoms with Crippen molar-refractivity contribution in [3.8, 4) is 0 Å². The maximum Gasteiger partial charge on any atom is 0.150 e. The predicted octanol–water partition coefficient (Wildman–Crippen LogP) is 1.28. The molecule has 0 aromatic heterocycles. The molecular weight excluding hydrogens is 169 g/mol. The van der Waals surface area contributed by atoms with Gasteiger partial charge in [-0.15, -0.1) is 0 Å². The normalized spacial score (nSPS) is 15.2. The van der Waals surface area contributed by atoms with Crippen LogP contribution >= 0.6 is 0 Å². The fourth-order valence-corrected chi connectivity index (χ4v) is 1.64. The second-order valence-electron chi connectivity index (χ2n) is 3.19. The van der Waals surface area contributed by atoms with E-state index in [-0.39, 0.29) is 5.82 Å². The average molecular weight is 179 g/mol. The number of carbonyl (C=O) groups excluding carboxylic acids is 1. The summed E-state index contributed by atoms with van der Waals surface area (Å²) in [4.78, 5) is 10.5. The zero-order valence-electron chi connectivity index (χ0n) is 7.14. The van der Waals surface area contributed by atoms with E-state index in [0.717, 1.165) is 18.5 Å². The summed E-state index contributed by atoms with van der Waals surface area (Å²) in [6.07, 6.45) is 1.49. The van der Waals surface area contributed by atoms with Gasteiger partial charge < -0.3 is 5.32 Å². The number of hydrogen-bond donors (Lipinski definition) is 1. The number of aldehydes is 1. The van der Waals surface area contributed by atoms with Gasteiger partial charge >= 0.3 is 0 Å². The maximum absolute atomic E-state index is 13.3. The van der Waals surface area contributed by atoms with Crippen LogP contribution in [0.2, 0.25) is 0 Å². The molecule has 3 heteroatoms. The molecule has 0 unspecified atom stereocenters. The quantitative estimate of drug-likeness (QED) is 0.658. The Morgan fingerprint density at radius 3 is 3.08 bits per heavy atom. The standard InChI is InChI=1S/C10H10FNO/c11-10-4-7(6-13)3-8-1-2-12-5-9(8)10/h3-4,6,12H,1-2,5H2. The zero-order chi connectivity index (χ0) is 9.26. The molecule has 0 saturated carbocycles. The molecule has 0 saturated heterocycles. The van der Waals surface area contributed by atoms with E-state index in [9.17, 15) is 9.18 Å². The van der Waals surface area contributed by atoms with E-state index >= 15 is 0 Å². The highest BCUT2D eigenvalue weighted by Gasteiger charge is 2.13. The fraction of sp³-hybridized carbons (Fsp3) is 0.300. The van der Waals surface area contributed by atoms with Gasteiger partial charge in [0.15, 0.2) is 0 Å². The topological polar surface area (TPSA) is 29.1 Å². The first-order valence-corrected chi connectivity index (χ1v) is 4.28. The van der Waals surface area contributed by atoms with Crippen LogP contribution in [0, 0.1) is 5.82 Å². The van der Waals surface area contributed by atoms with Crippen molar-refractivity contribution in [1.82, 2.24) is 5.32 Å². The Hall–Kier alpha value is -1.22.